The van der Waals surface area contributed by atoms with E-state index in [1.54, 1.807) is 18.2 Å². The van der Waals surface area contributed by atoms with Gasteiger partial charge in [-0.3, -0.25) is 0 Å². The smallest absolute Gasteiger partial charge is 0.138 e. The molecule has 0 N–H and O–H groups in total. The van der Waals surface area contributed by atoms with Gasteiger partial charge in [0.05, 0.1) is 16.7 Å². The van der Waals surface area contributed by atoms with E-state index in [-0.39, 0.29) is 12.2 Å². The molecule has 0 saturated carbocycles. The molecule has 0 spiro atoms. The maximum Gasteiger partial charge on any atom is 0.138 e. The summed E-state index contributed by atoms with van der Waals surface area (Å²) in [6, 6.07) is 11.5. The Labute approximate surface area is 129 Å². The molecule has 0 heterocycles. The van der Waals surface area contributed by atoms with Crippen molar-refractivity contribution in [3.63, 3.8) is 0 Å². The van der Waals surface area contributed by atoms with Gasteiger partial charge in [0.25, 0.3) is 0 Å². The van der Waals surface area contributed by atoms with E-state index in [0.29, 0.717) is 21.7 Å². The Morgan fingerprint density at radius 2 is 2.00 bits per heavy atom. The lowest BCUT2D eigenvalue weighted by atomic mass is 10.1. The highest BCUT2D eigenvalue weighted by molar-refractivity contribution is 9.08. The third-order valence-electron chi connectivity index (χ3n) is 2.63. The highest BCUT2D eigenvalue weighted by Gasteiger charge is 2.05. The lowest BCUT2D eigenvalue weighted by Gasteiger charge is -2.09. The van der Waals surface area contributed by atoms with Crippen molar-refractivity contribution in [2.45, 2.75) is 11.9 Å². The topological polar surface area (TPSA) is 33.0 Å². The molecule has 0 fully saturated rings. The summed E-state index contributed by atoms with van der Waals surface area (Å²) in [5.74, 6) is 0.0718. The molecular formula is C15H10BrClFNO. The number of nitriles is 1. The number of hydrogen-bond donors (Lipinski definition) is 0. The van der Waals surface area contributed by atoms with Crippen LogP contribution in [0.3, 0.4) is 0 Å². The first-order chi connectivity index (χ1) is 9.62. The van der Waals surface area contributed by atoms with E-state index in [1.165, 1.54) is 12.1 Å². The average molecular weight is 355 g/mol. The van der Waals surface area contributed by atoms with Crippen molar-refractivity contribution in [3.8, 4) is 11.8 Å². The fourth-order valence-corrected chi connectivity index (χ4v) is 2.31. The van der Waals surface area contributed by atoms with Gasteiger partial charge in [-0.05, 0) is 41.5 Å². The summed E-state index contributed by atoms with van der Waals surface area (Å²) in [7, 11) is 0. The largest absolute Gasteiger partial charge is 0.487 e. The Bertz CT molecular complexity index is 669. The van der Waals surface area contributed by atoms with E-state index in [4.69, 9.17) is 21.6 Å². The fourth-order valence-electron chi connectivity index (χ4n) is 1.70. The van der Waals surface area contributed by atoms with Crippen molar-refractivity contribution >= 4 is 27.5 Å². The van der Waals surface area contributed by atoms with Crippen molar-refractivity contribution in [2.75, 3.05) is 0 Å². The molecule has 0 atom stereocenters. The Kier molecular flexibility index (Phi) is 4.99. The monoisotopic (exact) mass is 353 g/mol. The number of rotatable bonds is 4. The van der Waals surface area contributed by atoms with E-state index in [2.05, 4.69) is 15.9 Å². The van der Waals surface area contributed by atoms with Gasteiger partial charge in [0.1, 0.15) is 18.2 Å². The Morgan fingerprint density at radius 1 is 1.20 bits per heavy atom. The van der Waals surface area contributed by atoms with E-state index < -0.39 is 5.82 Å². The number of nitrogens with zero attached hydrogens (tertiary/aromatic N) is 1. The molecule has 0 aliphatic rings. The molecule has 2 aromatic rings. The minimum Gasteiger partial charge on any atom is -0.487 e. The van der Waals surface area contributed by atoms with Crippen molar-refractivity contribution < 1.29 is 9.13 Å². The summed E-state index contributed by atoms with van der Waals surface area (Å²) >= 11 is 9.44. The van der Waals surface area contributed by atoms with Crippen molar-refractivity contribution in [2.24, 2.45) is 0 Å². The second-order valence-electron chi connectivity index (χ2n) is 4.15. The second kappa shape index (κ2) is 6.74. The van der Waals surface area contributed by atoms with Crippen LogP contribution in [0.25, 0.3) is 0 Å². The second-order valence-corrected chi connectivity index (χ2v) is 5.11. The lowest BCUT2D eigenvalue weighted by molar-refractivity contribution is 0.305. The predicted octanol–water partition coefficient (Wildman–Crippen LogP) is 4.82. The highest BCUT2D eigenvalue weighted by Crippen LogP contribution is 2.27. The first-order valence-corrected chi connectivity index (χ1v) is 7.29. The van der Waals surface area contributed by atoms with E-state index >= 15 is 0 Å². The zero-order chi connectivity index (χ0) is 14.5. The van der Waals surface area contributed by atoms with Gasteiger partial charge < -0.3 is 4.74 Å². The van der Waals surface area contributed by atoms with Crippen LogP contribution < -0.4 is 4.74 Å². The normalized spacial score (nSPS) is 10.1. The van der Waals surface area contributed by atoms with Gasteiger partial charge in [-0.1, -0.05) is 33.6 Å². The summed E-state index contributed by atoms with van der Waals surface area (Å²) in [5, 5.41) is 10.0. The number of benzene rings is 2. The molecule has 0 amide bonds. The van der Waals surface area contributed by atoms with Crippen molar-refractivity contribution in [3.05, 3.63) is 63.9 Å². The Morgan fingerprint density at radius 3 is 2.65 bits per heavy atom. The lowest BCUT2D eigenvalue weighted by Crippen LogP contribution is -1.98. The van der Waals surface area contributed by atoms with E-state index in [9.17, 15) is 4.39 Å². The number of ether oxygens (including phenoxy) is 1. The molecule has 0 radical (unpaired) electrons. The fraction of sp³-hybridized carbons (Fsp3) is 0.133. The Balaban J connectivity index is 2.13. The van der Waals surface area contributed by atoms with Crippen molar-refractivity contribution in [1.29, 1.82) is 5.26 Å². The van der Waals surface area contributed by atoms with E-state index in [1.807, 2.05) is 12.1 Å². The molecule has 5 heteroatoms. The summed E-state index contributed by atoms with van der Waals surface area (Å²) in [6.45, 7) is 0.153. The molecule has 0 aromatic heterocycles. The molecule has 2 aromatic carbocycles. The van der Waals surface area contributed by atoms with Crippen LogP contribution in [0.15, 0.2) is 36.4 Å². The zero-order valence-electron chi connectivity index (χ0n) is 10.4. The van der Waals surface area contributed by atoms with Gasteiger partial charge >= 0.3 is 0 Å². The molecule has 102 valence electrons. The molecule has 0 saturated heterocycles. The van der Waals surface area contributed by atoms with Crippen LogP contribution >= 0.6 is 27.5 Å². The maximum absolute atomic E-state index is 13.3. The van der Waals surface area contributed by atoms with Crippen molar-refractivity contribution in [1.82, 2.24) is 0 Å². The first-order valence-electron chi connectivity index (χ1n) is 5.79. The third-order valence-corrected chi connectivity index (χ3v) is 3.57. The van der Waals surface area contributed by atoms with Crippen LogP contribution in [-0.2, 0) is 11.9 Å². The predicted molar refractivity (Wildman–Crippen MR) is 79.5 cm³/mol. The van der Waals surface area contributed by atoms with Gasteiger partial charge in [0.15, 0.2) is 0 Å². The Hall–Kier alpha value is -1.57. The maximum atomic E-state index is 13.3. The van der Waals surface area contributed by atoms with Gasteiger partial charge in [-0.25, -0.2) is 4.39 Å². The SMILES string of the molecule is N#Cc1cc(F)cc(COc2ccc(CBr)cc2Cl)c1. The first kappa shape index (κ1) is 14.8. The highest BCUT2D eigenvalue weighted by atomic mass is 79.9. The minimum absolute atomic E-state index is 0.153. The summed E-state index contributed by atoms with van der Waals surface area (Å²) in [6.07, 6.45) is 0. The van der Waals surface area contributed by atoms with Crippen LogP contribution in [0.2, 0.25) is 5.02 Å². The zero-order valence-corrected chi connectivity index (χ0v) is 12.7. The van der Waals surface area contributed by atoms with E-state index in [0.717, 1.165) is 5.56 Å². The molecule has 20 heavy (non-hydrogen) atoms. The summed E-state index contributed by atoms with van der Waals surface area (Å²) in [4.78, 5) is 0. The third kappa shape index (κ3) is 3.72. The van der Waals surface area contributed by atoms with Crippen LogP contribution in [0.5, 0.6) is 5.75 Å². The standard InChI is InChI=1S/C15H10BrClFNO/c16-7-10-1-2-15(14(17)6-10)20-9-12-3-11(8-19)4-13(18)5-12/h1-6H,7,9H2. The number of halogens is 3. The summed E-state index contributed by atoms with van der Waals surface area (Å²) in [5.41, 5.74) is 1.89. The van der Waals surface area contributed by atoms with Gasteiger partial charge in [0, 0.05) is 5.33 Å². The van der Waals surface area contributed by atoms with Crippen LogP contribution in [-0.4, -0.2) is 0 Å². The molecule has 2 rings (SSSR count). The average Bonchev–Trinajstić information content (AvgIpc) is 2.45. The van der Waals surface area contributed by atoms with Crippen LogP contribution in [0, 0.1) is 17.1 Å². The molecule has 0 aliphatic carbocycles. The van der Waals surface area contributed by atoms with Gasteiger partial charge in [-0.2, -0.15) is 5.26 Å². The van der Waals surface area contributed by atoms with Crippen LogP contribution in [0.1, 0.15) is 16.7 Å². The molecule has 2 nitrogen and oxygen atoms in total. The van der Waals surface area contributed by atoms with Crippen LogP contribution in [0.4, 0.5) is 4.39 Å². The molecule has 0 bridgehead atoms. The minimum atomic E-state index is -0.455. The number of alkyl halides is 1. The molecular weight excluding hydrogens is 345 g/mol. The number of hydrogen-bond acceptors (Lipinski definition) is 2. The quantitative estimate of drug-likeness (QED) is 0.737. The summed E-state index contributed by atoms with van der Waals surface area (Å²) < 4.78 is 18.8. The van der Waals surface area contributed by atoms with Gasteiger partial charge in [0.2, 0.25) is 0 Å². The molecule has 0 unspecified atom stereocenters. The molecule has 0 aliphatic heterocycles. The van der Waals surface area contributed by atoms with Gasteiger partial charge in [-0.15, -0.1) is 0 Å².